The molecule has 3 N–H and O–H groups in total. The van der Waals surface area contributed by atoms with E-state index in [0.717, 1.165) is 6.20 Å². The summed E-state index contributed by atoms with van der Waals surface area (Å²) in [5.41, 5.74) is 5.70. The Kier molecular flexibility index (Phi) is 3.13. The van der Waals surface area contributed by atoms with Crippen molar-refractivity contribution in [2.45, 2.75) is 12.5 Å². The minimum absolute atomic E-state index is 0.373. The molecular weight excluding hydrogens is 159 g/mol. The smallest absolute Gasteiger partial charge is 0.141 e. The van der Waals surface area contributed by atoms with Crippen LogP contribution in [0.15, 0.2) is 18.5 Å². The van der Waals surface area contributed by atoms with Crippen molar-refractivity contribution >= 4 is 0 Å². The zero-order valence-electron chi connectivity index (χ0n) is 6.57. The third kappa shape index (κ3) is 2.25. The minimum atomic E-state index is -0.710. The summed E-state index contributed by atoms with van der Waals surface area (Å²) in [6, 6.07) is 1.26. The normalized spacial score (nSPS) is 12.9. The number of aliphatic hydroxyl groups excluding tert-OH is 1. The van der Waals surface area contributed by atoms with Crippen LogP contribution in [0.5, 0.6) is 0 Å². The maximum absolute atomic E-state index is 12.6. The summed E-state index contributed by atoms with van der Waals surface area (Å²) in [5.74, 6) is -0.441. The molecule has 0 aliphatic rings. The van der Waals surface area contributed by atoms with Gasteiger partial charge in [0, 0.05) is 11.8 Å². The Morgan fingerprint density at radius 2 is 2.33 bits per heavy atom. The lowest BCUT2D eigenvalue weighted by Gasteiger charge is -2.07. The fraction of sp³-hybridized carbons (Fsp3) is 0.375. The molecule has 1 rings (SSSR count). The van der Waals surface area contributed by atoms with Gasteiger partial charge in [0.15, 0.2) is 0 Å². The van der Waals surface area contributed by atoms with Gasteiger partial charge in [0.2, 0.25) is 0 Å². The van der Waals surface area contributed by atoms with E-state index in [2.05, 4.69) is 4.98 Å². The first-order chi connectivity index (χ1) is 5.74. The summed E-state index contributed by atoms with van der Waals surface area (Å²) in [4.78, 5) is 3.61. The van der Waals surface area contributed by atoms with Crippen molar-refractivity contribution in [2.24, 2.45) is 5.73 Å². The molecule has 0 saturated carbocycles. The molecule has 1 aromatic heterocycles. The predicted molar refractivity (Wildman–Crippen MR) is 42.8 cm³/mol. The summed E-state index contributed by atoms with van der Waals surface area (Å²) in [5, 5.41) is 9.36. The monoisotopic (exact) mass is 170 g/mol. The van der Waals surface area contributed by atoms with Crippen molar-refractivity contribution < 1.29 is 9.50 Å². The number of halogens is 1. The molecule has 1 atom stereocenters. The van der Waals surface area contributed by atoms with Crippen molar-refractivity contribution in [2.75, 3.05) is 6.54 Å². The van der Waals surface area contributed by atoms with E-state index in [0.29, 0.717) is 18.5 Å². The average molecular weight is 170 g/mol. The molecule has 1 heterocycles. The maximum atomic E-state index is 12.6. The van der Waals surface area contributed by atoms with Crippen molar-refractivity contribution in [3.8, 4) is 0 Å². The third-order valence-corrected chi connectivity index (χ3v) is 1.55. The number of pyridine rings is 1. The SMILES string of the molecule is NCCC(O)c1cncc(F)c1. The minimum Gasteiger partial charge on any atom is -0.388 e. The molecule has 0 fully saturated rings. The van der Waals surface area contributed by atoms with E-state index in [1.807, 2.05) is 0 Å². The van der Waals surface area contributed by atoms with E-state index in [4.69, 9.17) is 5.73 Å². The van der Waals surface area contributed by atoms with Gasteiger partial charge in [-0.05, 0) is 19.0 Å². The van der Waals surface area contributed by atoms with Gasteiger partial charge >= 0.3 is 0 Å². The number of hydrogen-bond acceptors (Lipinski definition) is 3. The van der Waals surface area contributed by atoms with E-state index in [9.17, 15) is 9.50 Å². The van der Waals surface area contributed by atoms with Crippen LogP contribution in [-0.4, -0.2) is 16.6 Å². The molecule has 0 aromatic carbocycles. The van der Waals surface area contributed by atoms with Crippen molar-refractivity contribution in [3.05, 3.63) is 29.8 Å². The van der Waals surface area contributed by atoms with Crippen LogP contribution < -0.4 is 5.73 Å². The van der Waals surface area contributed by atoms with Crippen molar-refractivity contribution in [1.82, 2.24) is 4.98 Å². The highest BCUT2D eigenvalue weighted by Gasteiger charge is 2.06. The third-order valence-electron chi connectivity index (χ3n) is 1.55. The van der Waals surface area contributed by atoms with E-state index in [1.54, 1.807) is 0 Å². The van der Waals surface area contributed by atoms with Crippen molar-refractivity contribution in [1.29, 1.82) is 0 Å². The van der Waals surface area contributed by atoms with E-state index < -0.39 is 11.9 Å². The standard InChI is InChI=1S/C8H11FN2O/c9-7-3-6(4-11-5-7)8(12)1-2-10/h3-5,8,12H,1-2,10H2. The van der Waals surface area contributed by atoms with Gasteiger partial charge in [-0.25, -0.2) is 4.39 Å². The number of hydrogen-bond donors (Lipinski definition) is 2. The molecule has 0 spiro atoms. The quantitative estimate of drug-likeness (QED) is 0.698. The first kappa shape index (κ1) is 9.09. The van der Waals surface area contributed by atoms with Gasteiger partial charge in [-0.15, -0.1) is 0 Å². The van der Waals surface area contributed by atoms with Gasteiger partial charge in [0.1, 0.15) is 5.82 Å². The fourth-order valence-electron chi connectivity index (χ4n) is 0.935. The number of aromatic nitrogens is 1. The van der Waals surface area contributed by atoms with E-state index in [-0.39, 0.29) is 0 Å². The van der Waals surface area contributed by atoms with E-state index in [1.165, 1.54) is 12.3 Å². The topological polar surface area (TPSA) is 59.1 Å². The van der Waals surface area contributed by atoms with Crippen LogP contribution in [0.2, 0.25) is 0 Å². The number of aliphatic hydroxyl groups is 1. The maximum Gasteiger partial charge on any atom is 0.141 e. The van der Waals surface area contributed by atoms with Crippen LogP contribution in [-0.2, 0) is 0 Å². The molecule has 1 unspecified atom stereocenters. The second-order valence-electron chi connectivity index (χ2n) is 2.53. The largest absolute Gasteiger partial charge is 0.388 e. The summed E-state index contributed by atoms with van der Waals surface area (Å²) in [6.07, 6.45) is 2.24. The molecule has 0 bridgehead atoms. The van der Waals surface area contributed by atoms with E-state index >= 15 is 0 Å². The molecule has 0 aliphatic carbocycles. The summed E-state index contributed by atoms with van der Waals surface area (Å²) < 4.78 is 12.6. The second-order valence-corrected chi connectivity index (χ2v) is 2.53. The Balaban J connectivity index is 2.73. The molecule has 0 amide bonds. The van der Waals surface area contributed by atoms with Crippen LogP contribution in [0.4, 0.5) is 4.39 Å². The molecule has 1 aromatic rings. The fourth-order valence-corrected chi connectivity index (χ4v) is 0.935. The van der Waals surface area contributed by atoms with Gasteiger partial charge in [-0.2, -0.15) is 0 Å². The lowest BCUT2D eigenvalue weighted by molar-refractivity contribution is 0.169. The molecule has 0 aliphatic heterocycles. The Morgan fingerprint density at radius 3 is 2.92 bits per heavy atom. The van der Waals surface area contributed by atoms with Crippen LogP contribution in [0.3, 0.4) is 0 Å². The molecule has 4 heteroatoms. The molecular formula is C8H11FN2O. The Labute approximate surface area is 70.0 Å². The van der Waals surface area contributed by atoms with Gasteiger partial charge in [0.05, 0.1) is 12.3 Å². The predicted octanol–water partition coefficient (Wildman–Crippen LogP) is 0.603. The van der Waals surface area contributed by atoms with Gasteiger partial charge < -0.3 is 10.8 Å². The first-order valence-corrected chi connectivity index (χ1v) is 3.72. The average Bonchev–Trinajstić information content (AvgIpc) is 2.05. The zero-order chi connectivity index (χ0) is 8.97. The zero-order valence-corrected chi connectivity index (χ0v) is 6.57. The van der Waals surface area contributed by atoms with Crippen LogP contribution >= 0.6 is 0 Å². The number of nitrogens with two attached hydrogens (primary N) is 1. The molecule has 66 valence electrons. The summed E-state index contributed by atoms with van der Waals surface area (Å²) in [6.45, 7) is 0.373. The summed E-state index contributed by atoms with van der Waals surface area (Å²) in [7, 11) is 0. The van der Waals surface area contributed by atoms with Gasteiger partial charge in [0.25, 0.3) is 0 Å². The molecule has 12 heavy (non-hydrogen) atoms. The molecule has 3 nitrogen and oxygen atoms in total. The Hall–Kier alpha value is -1.00. The first-order valence-electron chi connectivity index (χ1n) is 3.72. The Bertz CT molecular complexity index is 255. The van der Waals surface area contributed by atoms with Crippen LogP contribution in [0, 0.1) is 5.82 Å². The van der Waals surface area contributed by atoms with Crippen molar-refractivity contribution in [3.63, 3.8) is 0 Å². The lowest BCUT2D eigenvalue weighted by Crippen LogP contribution is -2.07. The number of rotatable bonds is 3. The highest BCUT2D eigenvalue weighted by atomic mass is 19.1. The van der Waals surface area contributed by atoms with Gasteiger partial charge in [-0.3, -0.25) is 4.98 Å². The Morgan fingerprint density at radius 1 is 1.58 bits per heavy atom. The lowest BCUT2D eigenvalue weighted by atomic mass is 10.1. The van der Waals surface area contributed by atoms with Crippen LogP contribution in [0.1, 0.15) is 18.1 Å². The summed E-state index contributed by atoms with van der Waals surface area (Å²) >= 11 is 0. The number of nitrogens with zero attached hydrogens (tertiary/aromatic N) is 1. The second kappa shape index (κ2) is 4.13. The highest BCUT2D eigenvalue weighted by molar-refractivity contribution is 5.12. The molecule has 0 radical (unpaired) electrons. The van der Waals surface area contributed by atoms with Gasteiger partial charge in [-0.1, -0.05) is 0 Å². The van der Waals surface area contributed by atoms with Crippen LogP contribution in [0.25, 0.3) is 0 Å². The highest BCUT2D eigenvalue weighted by Crippen LogP contribution is 2.14. The molecule has 0 saturated heterocycles.